The van der Waals surface area contributed by atoms with E-state index in [2.05, 4.69) is 23.1 Å². The average Bonchev–Trinajstić information content (AvgIpc) is 2.79. The number of benzene rings is 2. The molecule has 2 unspecified atom stereocenters. The maximum Gasteiger partial charge on any atom is 0.339 e. The Morgan fingerprint density at radius 2 is 1.82 bits per heavy atom. The van der Waals surface area contributed by atoms with E-state index in [9.17, 15) is 14.7 Å². The van der Waals surface area contributed by atoms with Gasteiger partial charge in [0.25, 0.3) is 0 Å². The van der Waals surface area contributed by atoms with Gasteiger partial charge in [-0.05, 0) is 69.4 Å². The first-order valence-corrected chi connectivity index (χ1v) is 11.6. The molecule has 33 heavy (non-hydrogen) atoms. The van der Waals surface area contributed by atoms with E-state index in [-0.39, 0.29) is 17.2 Å². The largest absolute Gasteiger partial charge is 0.493 e. The Kier molecular flexibility index (Phi) is 8.15. The van der Waals surface area contributed by atoms with Gasteiger partial charge in [-0.25, -0.2) is 4.79 Å². The number of amides is 1. The third-order valence-corrected chi connectivity index (χ3v) is 6.07. The lowest BCUT2D eigenvalue weighted by atomic mass is 9.78. The maximum absolute atomic E-state index is 12.9. The van der Waals surface area contributed by atoms with Crippen LogP contribution in [0.25, 0.3) is 0 Å². The standard InChI is InChI=1S/C27H34N2O4/c1-4-33-24-17-19(12-13-21(24)27(31)32)25(26(28)30)22(16-18(2)3)20-10-6-7-11-23(20)29-14-8-5-9-15-29/h6-7,10-13,16-17,22,25H,4-5,8-9,14-15H2,1-3H3,(H2,28,30)(H,31,32). The molecule has 2 aromatic rings. The number of carboxylic acid groups (broad SMARTS) is 1. The molecule has 0 spiro atoms. The van der Waals surface area contributed by atoms with Gasteiger partial charge in [-0.2, -0.15) is 0 Å². The molecular formula is C27H34N2O4. The highest BCUT2D eigenvalue weighted by Gasteiger charge is 2.32. The molecule has 1 amide bonds. The second kappa shape index (κ2) is 11.0. The predicted octanol–water partition coefficient (Wildman–Crippen LogP) is 5.09. The summed E-state index contributed by atoms with van der Waals surface area (Å²) in [5.74, 6) is -2.26. The zero-order valence-electron chi connectivity index (χ0n) is 19.7. The van der Waals surface area contributed by atoms with Crippen LogP contribution in [0.3, 0.4) is 0 Å². The molecule has 6 heteroatoms. The van der Waals surface area contributed by atoms with Gasteiger partial charge in [0.05, 0.1) is 12.5 Å². The van der Waals surface area contributed by atoms with Crippen LogP contribution in [0.15, 0.2) is 54.1 Å². The highest BCUT2D eigenvalue weighted by Crippen LogP contribution is 2.41. The van der Waals surface area contributed by atoms with Gasteiger partial charge in [0, 0.05) is 24.7 Å². The number of hydrogen-bond donors (Lipinski definition) is 2. The summed E-state index contributed by atoms with van der Waals surface area (Å²) in [7, 11) is 0. The zero-order valence-corrected chi connectivity index (χ0v) is 19.7. The van der Waals surface area contributed by atoms with Gasteiger partial charge in [-0.3, -0.25) is 4.79 Å². The third kappa shape index (κ3) is 5.75. The molecule has 0 radical (unpaired) electrons. The minimum absolute atomic E-state index is 0.0660. The highest BCUT2D eigenvalue weighted by molar-refractivity contribution is 5.92. The SMILES string of the molecule is CCOc1cc(C(C(N)=O)C(C=C(C)C)c2ccccc2N2CCCCC2)ccc1C(=O)O. The van der Waals surface area contributed by atoms with Crippen LogP contribution >= 0.6 is 0 Å². The van der Waals surface area contributed by atoms with Gasteiger partial charge in [0.1, 0.15) is 11.3 Å². The number of ether oxygens (including phenoxy) is 1. The fraction of sp³-hybridized carbons (Fsp3) is 0.407. The molecule has 1 aliphatic rings. The first kappa shape index (κ1) is 24.4. The van der Waals surface area contributed by atoms with Crippen molar-refractivity contribution in [1.82, 2.24) is 0 Å². The van der Waals surface area contributed by atoms with Crippen molar-refractivity contribution < 1.29 is 19.4 Å². The number of carboxylic acids is 1. The van der Waals surface area contributed by atoms with Crippen LogP contribution in [0.4, 0.5) is 5.69 Å². The molecular weight excluding hydrogens is 416 g/mol. The van der Waals surface area contributed by atoms with Gasteiger partial charge in [-0.1, -0.05) is 35.9 Å². The normalized spacial score (nSPS) is 15.4. The van der Waals surface area contributed by atoms with Crippen molar-refractivity contribution in [3.8, 4) is 5.75 Å². The zero-order chi connectivity index (χ0) is 24.0. The second-order valence-electron chi connectivity index (χ2n) is 8.75. The molecule has 2 aromatic carbocycles. The minimum atomic E-state index is -1.07. The van der Waals surface area contributed by atoms with Crippen LogP contribution in [0.5, 0.6) is 5.75 Å². The van der Waals surface area contributed by atoms with Crippen molar-refractivity contribution >= 4 is 17.6 Å². The quantitative estimate of drug-likeness (QED) is 0.519. The Labute approximate surface area is 196 Å². The summed E-state index contributed by atoms with van der Waals surface area (Å²) in [4.78, 5) is 26.9. The number of para-hydroxylation sites is 1. The van der Waals surface area contributed by atoms with Crippen molar-refractivity contribution in [2.75, 3.05) is 24.6 Å². The van der Waals surface area contributed by atoms with E-state index in [4.69, 9.17) is 10.5 Å². The number of carbonyl (C=O) groups is 2. The molecule has 3 N–H and O–H groups in total. The van der Waals surface area contributed by atoms with Gasteiger partial charge >= 0.3 is 5.97 Å². The summed E-state index contributed by atoms with van der Waals surface area (Å²) in [6.07, 6.45) is 5.62. The number of nitrogens with two attached hydrogens (primary N) is 1. The molecule has 0 bridgehead atoms. The fourth-order valence-electron chi connectivity index (χ4n) is 4.65. The van der Waals surface area contributed by atoms with Gasteiger partial charge in [-0.15, -0.1) is 0 Å². The van der Waals surface area contributed by atoms with Crippen LogP contribution in [0.2, 0.25) is 0 Å². The fourth-order valence-corrected chi connectivity index (χ4v) is 4.65. The number of rotatable bonds is 9. The van der Waals surface area contributed by atoms with Crippen molar-refractivity contribution in [3.05, 3.63) is 70.8 Å². The van der Waals surface area contributed by atoms with Crippen molar-refractivity contribution in [3.63, 3.8) is 0 Å². The Bertz CT molecular complexity index is 1020. The van der Waals surface area contributed by atoms with E-state index in [0.29, 0.717) is 12.2 Å². The number of nitrogens with zero attached hydrogens (tertiary/aromatic N) is 1. The van der Waals surface area contributed by atoms with E-state index >= 15 is 0 Å². The molecule has 1 aliphatic heterocycles. The number of carbonyl (C=O) groups excluding carboxylic acids is 1. The van der Waals surface area contributed by atoms with Gasteiger partial charge < -0.3 is 20.5 Å². The van der Waals surface area contributed by atoms with Crippen LogP contribution < -0.4 is 15.4 Å². The molecule has 176 valence electrons. The summed E-state index contributed by atoms with van der Waals surface area (Å²) in [5.41, 5.74) is 9.95. The monoisotopic (exact) mass is 450 g/mol. The predicted molar refractivity (Wildman–Crippen MR) is 131 cm³/mol. The number of allylic oxidation sites excluding steroid dienone is 2. The lowest BCUT2D eigenvalue weighted by Gasteiger charge is -2.34. The molecule has 6 nitrogen and oxygen atoms in total. The molecule has 1 fully saturated rings. The van der Waals surface area contributed by atoms with Crippen molar-refractivity contribution in [1.29, 1.82) is 0 Å². The lowest BCUT2D eigenvalue weighted by molar-refractivity contribution is -0.119. The van der Waals surface area contributed by atoms with Crippen LogP contribution in [0.1, 0.15) is 73.4 Å². The molecule has 0 aliphatic carbocycles. The van der Waals surface area contributed by atoms with E-state index in [0.717, 1.165) is 42.8 Å². The second-order valence-corrected chi connectivity index (χ2v) is 8.75. The molecule has 0 aromatic heterocycles. The van der Waals surface area contributed by atoms with E-state index in [1.807, 2.05) is 26.0 Å². The third-order valence-electron chi connectivity index (χ3n) is 6.07. The Hall–Kier alpha value is -3.28. The van der Waals surface area contributed by atoms with Crippen molar-refractivity contribution in [2.24, 2.45) is 5.73 Å². The van der Waals surface area contributed by atoms with E-state index in [1.54, 1.807) is 19.1 Å². The molecule has 3 rings (SSSR count). The average molecular weight is 451 g/mol. The number of piperidine rings is 1. The van der Waals surface area contributed by atoms with Crippen LogP contribution in [-0.2, 0) is 4.79 Å². The summed E-state index contributed by atoms with van der Waals surface area (Å²) in [5, 5.41) is 9.53. The lowest BCUT2D eigenvalue weighted by Crippen LogP contribution is -2.32. The summed E-state index contributed by atoms with van der Waals surface area (Å²) >= 11 is 0. The number of hydrogen-bond acceptors (Lipinski definition) is 4. The smallest absolute Gasteiger partial charge is 0.339 e. The Morgan fingerprint density at radius 3 is 2.42 bits per heavy atom. The number of anilines is 1. The molecule has 2 atom stereocenters. The highest BCUT2D eigenvalue weighted by atomic mass is 16.5. The number of primary amides is 1. The first-order chi connectivity index (χ1) is 15.8. The summed E-state index contributed by atoms with van der Waals surface area (Å²) in [6.45, 7) is 8.11. The topological polar surface area (TPSA) is 92.9 Å². The Morgan fingerprint density at radius 1 is 1.12 bits per heavy atom. The summed E-state index contributed by atoms with van der Waals surface area (Å²) < 4.78 is 5.60. The molecule has 1 heterocycles. The number of aromatic carboxylic acids is 1. The van der Waals surface area contributed by atoms with Crippen molar-refractivity contribution in [2.45, 2.75) is 51.9 Å². The minimum Gasteiger partial charge on any atom is -0.493 e. The molecule has 0 saturated carbocycles. The molecule has 1 saturated heterocycles. The van der Waals surface area contributed by atoms with Gasteiger partial charge in [0.2, 0.25) is 5.91 Å². The first-order valence-electron chi connectivity index (χ1n) is 11.6. The summed E-state index contributed by atoms with van der Waals surface area (Å²) in [6, 6.07) is 13.0. The Balaban J connectivity index is 2.15. The van der Waals surface area contributed by atoms with E-state index in [1.165, 1.54) is 12.5 Å². The van der Waals surface area contributed by atoms with E-state index < -0.39 is 17.8 Å². The van der Waals surface area contributed by atoms with Gasteiger partial charge in [0.15, 0.2) is 0 Å². The maximum atomic E-state index is 12.9. The van der Waals surface area contributed by atoms with Crippen LogP contribution in [0, 0.1) is 0 Å². The van der Waals surface area contributed by atoms with Crippen LogP contribution in [-0.4, -0.2) is 36.7 Å².